The van der Waals surface area contributed by atoms with Crippen molar-refractivity contribution in [2.45, 2.75) is 135 Å². The van der Waals surface area contributed by atoms with Gasteiger partial charge in [0.25, 0.3) is 11.8 Å². The first kappa shape index (κ1) is 52.0. The Morgan fingerprint density at radius 2 is 1.02 bits per heavy atom. The van der Waals surface area contributed by atoms with Crippen LogP contribution < -0.4 is 24.3 Å². The van der Waals surface area contributed by atoms with Gasteiger partial charge in [-0.25, -0.2) is 17.6 Å². The van der Waals surface area contributed by atoms with Gasteiger partial charge in [0.2, 0.25) is 0 Å². The third kappa shape index (κ3) is 12.9. The Labute approximate surface area is 350 Å². The quantitative estimate of drug-likeness (QED) is 0.0902. The molecule has 0 spiro atoms. The number of unbranched alkanes of at least 4 members (excludes halogenated alkanes) is 1. The average molecular weight is 822 g/mol. The number of rotatable bonds is 8. The summed E-state index contributed by atoms with van der Waals surface area (Å²) in [5, 5.41) is 39.8. The molecule has 2 saturated carbocycles. The summed E-state index contributed by atoms with van der Waals surface area (Å²) in [4.78, 5) is 0. The summed E-state index contributed by atoms with van der Waals surface area (Å²) in [6.45, 7) is 9.97. The molecule has 2 aromatic carbocycles. The molecule has 0 aliphatic heterocycles. The maximum atomic E-state index is 15.1. The van der Waals surface area contributed by atoms with E-state index in [1.54, 1.807) is 6.08 Å². The molecule has 16 heteroatoms. The Morgan fingerprint density at radius 3 is 1.40 bits per heavy atom. The maximum absolute atomic E-state index is 15.1. The summed E-state index contributed by atoms with van der Waals surface area (Å²) in [5.41, 5.74) is -2.43. The van der Waals surface area contributed by atoms with Crippen molar-refractivity contribution in [1.82, 2.24) is 0 Å². The molecule has 5 nitrogen and oxygen atoms in total. The Hall–Kier alpha value is -2.11. The first-order chi connectivity index (χ1) is 26.9. The van der Waals surface area contributed by atoms with Crippen molar-refractivity contribution in [3.8, 4) is 0 Å². The van der Waals surface area contributed by atoms with Gasteiger partial charge in [-0.2, -0.15) is 24.0 Å². The van der Waals surface area contributed by atoms with Gasteiger partial charge in [0, 0.05) is 16.6 Å². The second-order valence-electron chi connectivity index (χ2n) is 15.5. The van der Waals surface area contributed by atoms with E-state index < -0.39 is 66.1 Å². The molecule has 0 aromatic heterocycles. The van der Waals surface area contributed by atoms with Crippen LogP contribution in [0.25, 0.3) is 0 Å². The van der Waals surface area contributed by atoms with E-state index >= 15 is 8.78 Å². The summed E-state index contributed by atoms with van der Waals surface area (Å²) < 4.78 is 116. The van der Waals surface area contributed by atoms with Gasteiger partial charge in [-0.05, 0) is 105 Å². The van der Waals surface area contributed by atoms with Crippen molar-refractivity contribution in [3.05, 3.63) is 93.9 Å². The molecule has 6 rings (SSSR count). The van der Waals surface area contributed by atoms with Crippen molar-refractivity contribution in [3.63, 3.8) is 0 Å². The van der Waals surface area contributed by atoms with Gasteiger partial charge in [0.1, 0.15) is 0 Å². The van der Waals surface area contributed by atoms with Gasteiger partial charge in [0.05, 0.1) is 11.1 Å². The van der Waals surface area contributed by atoms with Gasteiger partial charge in [-0.15, -0.1) is 0 Å². The molecule has 2 aromatic rings. The van der Waals surface area contributed by atoms with Gasteiger partial charge in [-0.3, -0.25) is 0 Å². The topological polar surface area (TPSA) is 101 Å². The van der Waals surface area contributed by atoms with Crippen LogP contribution in [0.5, 0.6) is 0 Å². The number of hydrogen-bond acceptors (Lipinski definition) is 5. The number of alkyl halides is 4. The van der Waals surface area contributed by atoms with E-state index in [1.165, 1.54) is 18.6 Å². The molecule has 4 aliphatic carbocycles. The van der Waals surface area contributed by atoms with Crippen LogP contribution in [0.3, 0.4) is 0 Å². The summed E-state index contributed by atoms with van der Waals surface area (Å²) in [5.74, 6) is -12.2. The smallest absolute Gasteiger partial charge is 0.423 e. The minimum atomic E-state index is -3.58. The van der Waals surface area contributed by atoms with E-state index in [4.69, 9.17) is 25.1 Å². The molecule has 318 valence electrons. The van der Waals surface area contributed by atoms with E-state index in [-0.39, 0.29) is 65.8 Å². The molecular formula is C42H57B2F8LiO5. The number of fused-ring (bicyclic) bond motifs is 2. The second-order valence-corrected chi connectivity index (χ2v) is 15.5. The Morgan fingerprint density at radius 1 is 0.621 bits per heavy atom. The van der Waals surface area contributed by atoms with E-state index in [9.17, 15) is 26.3 Å². The van der Waals surface area contributed by atoms with Crippen LogP contribution >= 0.6 is 0 Å². The number of halogens is 8. The predicted molar refractivity (Wildman–Crippen MR) is 207 cm³/mol. The van der Waals surface area contributed by atoms with E-state index in [0.717, 1.165) is 82.8 Å². The summed E-state index contributed by atoms with van der Waals surface area (Å²) in [7, 11) is -4.41. The third-order valence-corrected chi connectivity index (χ3v) is 11.5. The monoisotopic (exact) mass is 822 g/mol. The first-order valence-corrected chi connectivity index (χ1v) is 20.2. The zero-order valence-corrected chi connectivity index (χ0v) is 34.1. The van der Waals surface area contributed by atoms with Crippen molar-refractivity contribution in [2.75, 3.05) is 0 Å². The van der Waals surface area contributed by atoms with E-state index in [1.807, 2.05) is 0 Å². The van der Waals surface area contributed by atoms with Gasteiger partial charge < -0.3 is 32.0 Å². The Bertz CT molecular complexity index is 1660. The summed E-state index contributed by atoms with van der Waals surface area (Å²) >= 11 is 0. The molecule has 0 atom stereocenters. The molecule has 0 bridgehead atoms. The molecule has 5 N–H and O–H groups in total. The fourth-order valence-corrected chi connectivity index (χ4v) is 8.66. The third-order valence-electron chi connectivity index (χ3n) is 11.5. The average Bonchev–Trinajstić information content (AvgIpc) is 3.15. The van der Waals surface area contributed by atoms with Crippen LogP contribution in [-0.2, 0) is 24.7 Å². The second kappa shape index (κ2) is 23.8. The SMILES string of the molecule is CCCC1CCC(C2=CCc3cc(B(O)O)c(F)c(F)c3C2(F)F)CC1.CCCC1CCC(C2=CCc3ccc(F)c(F)c3C2(F)F)CC1.OB(O)O.[CH2-]CCC.[Li+]. The van der Waals surface area contributed by atoms with Crippen LogP contribution in [0.4, 0.5) is 35.1 Å². The van der Waals surface area contributed by atoms with Crippen LogP contribution in [0, 0.1) is 53.9 Å². The largest absolute Gasteiger partial charge is 1.00 e. The van der Waals surface area contributed by atoms with Crippen LogP contribution in [-0.4, -0.2) is 39.6 Å². The standard InChI is InChI=1S/C19H23BF4O2.C19H22F4.C4H9.BH3O3.Li/c1-2-3-11-4-6-12(7-5-11)14-9-8-13-10-15(20(25)26)17(21)18(22)16(13)19(14,23)24;1-2-3-12-4-6-13(7-5-12)15-10-8-14-9-11-16(20)18(21)17(14)19(15,22)23;1-3-4-2;2-1(3)4;/h9-12,25-26H,2-8H2,1H3;9-13H,2-8H2,1H3;1,3-4H2,2H3;2-4H;/q;;-1;;+1. The summed E-state index contributed by atoms with van der Waals surface area (Å²) in [6, 6.07) is 3.13. The molecule has 0 amide bonds. The number of hydrogen-bond donors (Lipinski definition) is 5. The van der Waals surface area contributed by atoms with E-state index in [2.05, 4.69) is 27.7 Å². The molecule has 4 aliphatic rings. The zero-order valence-electron chi connectivity index (χ0n) is 34.1. The van der Waals surface area contributed by atoms with Crippen molar-refractivity contribution < 1.29 is 79.1 Å². The minimum absolute atomic E-state index is 0. The Kier molecular flexibility index (Phi) is 21.3. The minimum Gasteiger partial charge on any atom is -0.423 e. The molecule has 0 saturated heterocycles. The van der Waals surface area contributed by atoms with Crippen LogP contribution in [0.1, 0.15) is 133 Å². The van der Waals surface area contributed by atoms with Gasteiger partial charge >= 0.3 is 33.3 Å². The zero-order chi connectivity index (χ0) is 42.7. The van der Waals surface area contributed by atoms with Crippen LogP contribution in [0.2, 0.25) is 0 Å². The summed E-state index contributed by atoms with van der Waals surface area (Å²) in [6.07, 6.45) is 16.3. The normalized spacial score (nSPS) is 22.6. The predicted octanol–water partition coefficient (Wildman–Crippen LogP) is 6.54. The molecular weight excluding hydrogens is 765 g/mol. The fraction of sp³-hybridized carbons (Fsp3) is 0.595. The van der Waals surface area contributed by atoms with Crippen molar-refractivity contribution in [1.29, 1.82) is 0 Å². The molecule has 0 unspecified atom stereocenters. The molecule has 0 heterocycles. The fourth-order valence-electron chi connectivity index (χ4n) is 8.66. The van der Waals surface area contributed by atoms with Crippen molar-refractivity contribution in [2.24, 2.45) is 23.7 Å². The van der Waals surface area contributed by atoms with Gasteiger partial charge in [0.15, 0.2) is 23.3 Å². The number of allylic oxidation sites excluding steroid dienone is 4. The van der Waals surface area contributed by atoms with Crippen molar-refractivity contribution >= 4 is 19.9 Å². The molecule has 58 heavy (non-hydrogen) atoms. The Balaban J connectivity index is 0.000000334. The van der Waals surface area contributed by atoms with Crippen LogP contribution in [0.15, 0.2) is 41.5 Å². The molecule has 0 radical (unpaired) electrons. The number of benzene rings is 2. The molecule has 2 fully saturated rings. The van der Waals surface area contributed by atoms with E-state index in [0.29, 0.717) is 24.7 Å². The maximum Gasteiger partial charge on any atom is 1.00 e. The van der Waals surface area contributed by atoms with Gasteiger partial charge in [-0.1, -0.05) is 77.2 Å². The first-order valence-electron chi connectivity index (χ1n) is 20.2.